The summed E-state index contributed by atoms with van der Waals surface area (Å²) < 4.78 is 0. The fourth-order valence-corrected chi connectivity index (χ4v) is 2.43. The van der Waals surface area contributed by atoms with Gasteiger partial charge in [-0.05, 0) is 39.0 Å². The Morgan fingerprint density at radius 3 is 2.50 bits per heavy atom. The lowest BCUT2D eigenvalue weighted by molar-refractivity contribution is 0.984. The van der Waals surface area contributed by atoms with Crippen LogP contribution >= 0.6 is 11.8 Å². The Morgan fingerprint density at radius 1 is 1.11 bits per heavy atom. The van der Waals surface area contributed by atoms with E-state index < -0.39 is 0 Å². The van der Waals surface area contributed by atoms with E-state index in [1.807, 2.05) is 19.9 Å². The maximum Gasteiger partial charge on any atom is 0.223 e. The first-order chi connectivity index (χ1) is 8.67. The number of hydrogen-bond donors (Lipinski definition) is 1. The van der Waals surface area contributed by atoms with Gasteiger partial charge in [-0.1, -0.05) is 29.5 Å². The van der Waals surface area contributed by atoms with Crippen LogP contribution in [0, 0.1) is 13.8 Å². The van der Waals surface area contributed by atoms with Gasteiger partial charge in [0, 0.05) is 17.1 Å². The molecule has 0 saturated carbocycles. The molecule has 0 aliphatic carbocycles. The van der Waals surface area contributed by atoms with Crippen molar-refractivity contribution in [3.05, 3.63) is 41.6 Å². The van der Waals surface area contributed by atoms with Gasteiger partial charge in [0.2, 0.25) is 5.95 Å². The second kappa shape index (κ2) is 5.87. The van der Waals surface area contributed by atoms with Crippen LogP contribution < -0.4 is 5.32 Å². The molecule has 1 heterocycles. The molecule has 0 unspecified atom stereocenters. The van der Waals surface area contributed by atoms with Crippen LogP contribution in [0.4, 0.5) is 5.95 Å². The summed E-state index contributed by atoms with van der Waals surface area (Å²) in [6.07, 6.45) is 0. The SMILES string of the molecule is CCNc1nc(C)cc(Sc2ccc(C)cc2)n1. The number of rotatable bonds is 4. The van der Waals surface area contributed by atoms with E-state index in [0.717, 1.165) is 17.3 Å². The molecule has 0 radical (unpaired) electrons. The molecule has 94 valence electrons. The Bertz CT molecular complexity index is 523. The van der Waals surface area contributed by atoms with Crippen LogP contribution in [0.2, 0.25) is 0 Å². The standard InChI is InChI=1S/C14H17N3S/c1-4-15-14-16-11(3)9-13(17-14)18-12-7-5-10(2)6-8-12/h5-9H,4H2,1-3H3,(H,15,16,17). The molecule has 0 saturated heterocycles. The van der Waals surface area contributed by atoms with E-state index in [-0.39, 0.29) is 0 Å². The van der Waals surface area contributed by atoms with Gasteiger partial charge in [-0.3, -0.25) is 0 Å². The summed E-state index contributed by atoms with van der Waals surface area (Å²) in [4.78, 5) is 10.0. The monoisotopic (exact) mass is 259 g/mol. The highest BCUT2D eigenvalue weighted by Gasteiger charge is 2.03. The number of aromatic nitrogens is 2. The first-order valence-corrected chi connectivity index (χ1v) is 6.83. The van der Waals surface area contributed by atoms with Crippen molar-refractivity contribution in [1.82, 2.24) is 9.97 Å². The maximum atomic E-state index is 4.48. The molecule has 2 rings (SSSR count). The summed E-state index contributed by atoms with van der Waals surface area (Å²) in [5.41, 5.74) is 2.25. The Kier molecular flexibility index (Phi) is 4.20. The van der Waals surface area contributed by atoms with Crippen molar-refractivity contribution in [2.75, 3.05) is 11.9 Å². The van der Waals surface area contributed by atoms with Crippen LogP contribution in [0.1, 0.15) is 18.2 Å². The Morgan fingerprint density at radius 2 is 1.83 bits per heavy atom. The Balaban J connectivity index is 2.20. The number of hydrogen-bond acceptors (Lipinski definition) is 4. The Labute approximate surface area is 112 Å². The summed E-state index contributed by atoms with van der Waals surface area (Å²) >= 11 is 1.66. The normalized spacial score (nSPS) is 10.4. The van der Waals surface area contributed by atoms with Crippen molar-refractivity contribution in [1.29, 1.82) is 0 Å². The van der Waals surface area contributed by atoms with Crippen LogP contribution in [-0.4, -0.2) is 16.5 Å². The first-order valence-electron chi connectivity index (χ1n) is 6.01. The molecule has 0 fully saturated rings. The molecule has 1 aromatic carbocycles. The van der Waals surface area contributed by atoms with E-state index in [1.165, 1.54) is 10.5 Å². The third-order valence-electron chi connectivity index (χ3n) is 2.41. The van der Waals surface area contributed by atoms with Gasteiger partial charge >= 0.3 is 0 Å². The van der Waals surface area contributed by atoms with Gasteiger partial charge in [0.25, 0.3) is 0 Å². The van der Waals surface area contributed by atoms with E-state index in [4.69, 9.17) is 0 Å². The van der Waals surface area contributed by atoms with Gasteiger partial charge in [-0.25, -0.2) is 9.97 Å². The number of nitrogens with zero attached hydrogens (tertiary/aromatic N) is 2. The minimum atomic E-state index is 0.701. The lowest BCUT2D eigenvalue weighted by atomic mass is 10.2. The number of benzene rings is 1. The highest BCUT2D eigenvalue weighted by molar-refractivity contribution is 7.99. The molecule has 0 aliphatic heterocycles. The van der Waals surface area contributed by atoms with Crippen molar-refractivity contribution < 1.29 is 0 Å². The van der Waals surface area contributed by atoms with Crippen LogP contribution in [0.25, 0.3) is 0 Å². The molecule has 0 bridgehead atoms. The van der Waals surface area contributed by atoms with Gasteiger partial charge < -0.3 is 5.32 Å². The van der Waals surface area contributed by atoms with Crippen molar-refractivity contribution >= 4 is 17.7 Å². The third-order valence-corrected chi connectivity index (χ3v) is 3.34. The first kappa shape index (κ1) is 12.9. The molecular weight excluding hydrogens is 242 g/mol. The molecule has 2 aromatic rings. The molecule has 4 heteroatoms. The molecule has 0 spiro atoms. The lowest BCUT2D eigenvalue weighted by Crippen LogP contribution is -2.03. The molecule has 0 aliphatic rings. The van der Waals surface area contributed by atoms with Gasteiger partial charge in [-0.2, -0.15) is 0 Å². The van der Waals surface area contributed by atoms with Crippen molar-refractivity contribution in [3.63, 3.8) is 0 Å². The minimum absolute atomic E-state index is 0.701. The van der Waals surface area contributed by atoms with Crippen molar-refractivity contribution in [3.8, 4) is 0 Å². The zero-order chi connectivity index (χ0) is 13.0. The quantitative estimate of drug-likeness (QED) is 0.850. The molecule has 0 atom stereocenters. The van der Waals surface area contributed by atoms with Gasteiger partial charge in [0.05, 0.1) is 0 Å². The fraction of sp³-hybridized carbons (Fsp3) is 0.286. The maximum absolute atomic E-state index is 4.48. The zero-order valence-corrected chi connectivity index (χ0v) is 11.7. The average molecular weight is 259 g/mol. The molecule has 0 amide bonds. The van der Waals surface area contributed by atoms with E-state index in [9.17, 15) is 0 Å². The van der Waals surface area contributed by atoms with E-state index in [1.54, 1.807) is 11.8 Å². The van der Waals surface area contributed by atoms with Crippen molar-refractivity contribution in [2.45, 2.75) is 30.7 Å². The zero-order valence-electron chi connectivity index (χ0n) is 10.9. The predicted molar refractivity (Wildman–Crippen MR) is 76.2 cm³/mol. The number of anilines is 1. The topological polar surface area (TPSA) is 37.8 Å². The summed E-state index contributed by atoms with van der Waals surface area (Å²) in [6, 6.07) is 10.5. The molecule has 1 N–H and O–H groups in total. The summed E-state index contributed by atoms with van der Waals surface area (Å²) in [7, 11) is 0. The summed E-state index contributed by atoms with van der Waals surface area (Å²) in [5.74, 6) is 0.701. The molecule has 3 nitrogen and oxygen atoms in total. The largest absolute Gasteiger partial charge is 0.354 e. The number of aryl methyl sites for hydroxylation is 2. The van der Waals surface area contributed by atoms with E-state index in [0.29, 0.717) is 5.95 Å². The van der Waals surface area contributed by atoms with Crippen LogP contribution in [0.3, 0.4) is 0 Å². The Hall–Kier alpha value is -1.55. The predicted octanol–water partition coefficient (Wildman–Crippen LogP) is 3.68. The third kappa shape index (κ3) is 3.47. The average Bonchev–Trinajstić information content (AvgIpc) is 2.32. The van der Waals surface area contributed by atoms with Gasteiger partial charge in [0.1, 0.15) is 5.03 Å². The fourth-order valence-electron chi connectivity index (χ4n) is 1.56. The summed E-state index contributed by atoms with van der Waals surface area (Å²) in [5, 5.41) is 4.12. The smallest absolute Gasteiger partial charge is 0.223 e. The highest BCUT2D eigenvalue weighted by Crippen LogP contribution is 2.27. The van der Waals surface area contributed by atoms with Crippen LogP contribution in [-0.2, 0) is 0 Å². The second-order valence-electron chi connectivity index (χ2n) is 4.12. The van der Waals surface area contributed by atoms with Crippen LogP contribution in [0.5, 0.6) is 0 Å². The second-order valence-corrected chi connectivity index (χ2v) is 5.21. The molecule has 1 aromatic heterocycles. The van der Waals surface area contributed by atoms with E-state index in [2.05, 4.69) is 46.5 Å². The molecule has 18 heavy (non-hydrogen) atoms. The van der Waals surface area contributed by atoms with Crippen LogP contribution in [0.15, 0.2) is 40.3 Å². The number of nitrogens with one attached hydrogen (secondary N) is 1. The highest BCUT2D eigenvalue weighted by atomic mass is 32.2. The lowest BCUT2D eigenvalue weighted by Gasteiger charge is -2.06. The van der Waals surface area contributed by atoms with Gasteiger partial charge in [0.15, 0.2) is 0 Å². The van der Waals surface area contributed by atoms with Gasteiger partial charge in [-0.15, -0.1) is 0 Å². The van der Waals surface area contributed by atoms with E-state index >= 15 is 0 Å². The summed E-state index contributed by atoms with van der Waals surface area (Å²) in [6.45, 7) is 6.95. The minimum Gasteiger partial charge on any atom is -0.354 e. The van der Waals surface area contributed by atoms with Crippen molar-refractivity contribution in [2.24, 2.45) is 0 Å². The molecular formula is C14H17N3S.